The number of nitrogens with zero attached hydrogens (tertiary/aromatic N) is 1. The van der Waals surface area contributed by atoms with E-state index in [9.17, 15) is 5.11 Å². The maximum atomic E-state index is 10.6. The maximum absolute atomic E-state index is 10.6. The lowest BCUT2D eigenvalue weighted by Gasteiger charge is -2.44. The van der Waals surface area contributed by atoms with Crippen LogP contribution in [0.5, 0.6) is 0 Å². The van der Waals surface area contributed by atoms with Gasteiger partial charge in [-0.05, 0) is 31.1 Å². The number of hydrogen-bond acceptors (Lipinski definition) is 2. The predicted octanol–water partition coefficient (Wildman–Crippen LogP) is 4.36. The minimum atomic E-state index is -0.202. The van der Waals surface area contributed by atoms with E-state index in [1.165, 1.54) is 64.2 Å². The van der Waals surface area contributed by atoms with Gasteiger partial charge in [-0.3, -0.25) is 4.90 Å². The maximum Gasteiger partial charge on any atom is 0.0715 e. The van der Waals surface area contributed by atoms with Crippen LogP contribution in [0.3, 0.4) is 0 Å². The molecular formula is C18H35NO. The third kappa shape index (κ3) is 4.46. The molecule has 2 saturated carbocycles. The smallest absolute Gasteiger partial charge is 0.0715 e. The molecule has 0 aliphatic heterocycles. The third-order valence-corrected chi connectivity index (χ3v) is 5.47. The van der Waals surface area contributed by atoms with E-state index < -0.39 is 0 Å². The molecule has 0 unspecified atom stereocenters. The van der Waals surface area contributed by atoms with E-state index in [0.29, 0.717) is 0 Å². The molecule has 118 valence electrons. The Balaban J connectivity index is 2.02. The van der Waals surface area contributed by atoms with Crippen LogP contribution in [0.15, 0.2) is 0 Å². The van der Waals surface area contributed by atoms with Gasteiger partial charge < -0.3 is 5.11 Å². The molecule has 0 bridgehead atoms. The molecule has 1 N–H and O–H groups in total. The van der Waals surface area contributed by atoms with Gasteiger partial charge in [-0.25, -0.2) is 0 Å². The number of rotatable bonds is 4. The van der Waals surface area contributed by atoms with Crippen molar-refractivity contribution < 1.29 is 5.11 Å². The first kappa shape index (κ1) is 16.3. The molecule has 2 aliphatic rings. The third-order valence-electron chi connectivity index (χ3n) is 5.47. The van der Waals surface area contributed by atoms with Gasteiger partial charge in [0.1, 0.15) is 0 Å². The van der Waals surface area contributed by atoms with E-state index in [1.807, 2.05) is 0 Å². The first-order valence-corrected chi connectivity index (χ1v) is 8.92. The van der Waals surface area contributed by atoms with Crippen molar-refractivity contribution in [3.8, 4) is 0 Å². The van der Waals surface area contributed by atoms with Crippen LogP contribution in [-0.4, -0.2) is 34.7 Å². The van der Waals surface area contributed by atoms with Gasteiger partial charge >= 0.3 is 0 Å². The Hall–Kier alpha value is -0.0800. The fourth-order valence-corrected chi connectivity index (χ4v) is 3.90. The molecule has 1 atom stereocenters. The molecular weight excluding hydrogens is 246 g/mol. The minimum absolute atomic E-state index is 0.00157. The molecule has 0 radical (unpaired) electrons. The lowest BCUT2D eigenvalue weighted by Crippen LogP contribution is -2.50. The zero-order valence-electron chi connectivity index (χ0n) is 13.9. The van der Waals surface area contributed by atoms with Crippen LogP contribution in [-0.2, 0) is 0 Å². The molecule has 2 fully saturated rings. The number of aliphatic hydroxyl groups excluding tert-OH is 1. The van der Waals surface area contributed by atoms with Crippen LogP contribution in [0, 0.1) is 5.41 Å². The molecule has 0 saturated heterocycles. The predicted molar refractivity (Wildman–Crippen MR) is 85.9 cm³/mol. The molecule has 0 amide bonds. The van der Waals surface area contributed by atoms with Crippen LogP contribution in [0.25, 0.3) is 0 Å². The molecule has 20 heavy (non-hydrogen) atoms. The van der Waals surface area contributed by atoms with Gasteiger partial charge in [0, 0.05) is 18.6 Å². The Morgan fingerprint density at radius 2 is 1.25 bits per heavy atom. The number of hydrogen-bond donors (Lipinski definition) is 1. The first-order valence-electron chi connectivity index (χ1n) is 8.92. The summed E-state index contributed by atoms with van der Waals surface area (Å²) in [4.78, 5) is 2.72. The fourth-order valence-electron chi connectivity index (χ4n) is 3.90. The Bertz CT molecular complexity index is 254. The van der Waals surface area contributed by atoms with Gasteiger partial charge in [-0.2, -0.15) is 0 Å². The van der Waals surface area contributed by atoms with Crippen molar-refractivity contribution in [2.45, 2.75) is 103 Å². The molecule has 0 aromatic carbocycles. The van der Waals surface area contributed by atoms with Gasteiger partial charge in [0.25, 0.3) is 0 Å². The van der Waals surface area contributed by atoms with Crippen LogP contribution in [0.2, 0.25) is 0 Å². The summed E-state index contributed by atoms with van der Waals surface area (Å²) in [5.74, 6) is 0. The highest BCUT2D eigenvalue weighted by Crippen LogP contribution is 2.32. The average molecular weight is 281 g/mol. The van der Waals surface area contributed by atoms with Crippen LogP contribution in [0.1, 0.15) is 85.0 Å². The first-order chi connectivity index (χ1) is 9.48. The Morgan fingerprint density at radius 3 is 1.60 bits per heavy atom. The van der Waals surface area contributed by atoms with Gasteiger partial charge in [-0.15, -0.1) is 0 Å². The highest BCUT2D eigenvalue weighted by molar-refractivity contribution is 4.87. The van der Waals surface area contributed by atoms with Crippen LogP contribution in [0.4, 0.5) is 0 Å². The molecule has 2 aliphatic carbocycles. The second-order valence-electron chi connectivity index (χ2n) is 8.16. The standard InChI is InChI=1S/C18H35NO/c1-18(2,3)17(20)14-19(15-10-6-4-7-11-15)16-12-8-5-9-13-16/h15-17,20H,4-14H2,1-3H3/t17-/m0/s1. The summed E-state index contributed by atoms with van der Waals surface area (Å²) >= 11 is 0. The number of aliphatic hydroxyl groups is 1. The second kappa shape index (κ2) is 7.26. The summed E-state index contributed by atoms with van der Waals surface area (Å²) < 4.78 is 0. The van der Waals surface area contributed by atoms with E-state index in [2.05, 4.69) is 25.7 Å². The van der Waals surface area contributed by atoms with E-state index in [-0.39, 0.29) is 11.5 Å². The monoisotopic (exact) mass is 281 g/mol. The molecule has 2 heteroatoms. The van der Waals surface area contributed by atoms with Gasteiger partial charge in [0.15, 0.2) is 0 Å². The zero-order chi connectivity index (χ0) is 14.6. The van der Waals surface area contributed by atoms with E-state index in [4.69, 9.17) is 0 Å². The summed E-state index contributed by atoms with van der Waals surface area (Å²) in [5.41, 5.74) is 0.00157. The van der Waals surface area contributed by atoms with Gasteiger partial charge in [-0.1, -0.05) is 59.3 Å². The van der Waals surface area contributed by atoms with Crippen LogP contribution < -0.4 is 0 Å². The molecule has 2 rings (SSSR count). The molecule has 0 heterocycles. The lowest BCUT2D eigenvalue weighted by atomic mass is 9.85. The van der Waals surface area contributed by atoms with Crippen molar-refractivity contribution in [1.82, 2.24) is 4.90 Å². The highest BCUT2D eigenvalue weighted by atomic mass is 16.3. The van der Waals surface area contributed by atoms with Crippen molar-refractivity contribution >= 4 is 0 Å². The van der Waals surface area contributed by atoms with Crippen molar-refractivity contribution in [1.29, 1.82) is 0 Å². The quantitative estimate of drug-likeness (QED) is 0.827. The summed E-state index contributed by atoms with van der Waals surface area (Å²) in [7, 11) is 0. The van der Waals surface area contributed by atoms with Gasteiger partial charge in [0.05, 0.1) is 6.10 Å². The topological polar surface area (TPSA) is 23.5 Å². The zero-order valence-corrected chi connectivity index (χ0v) is 13.9. The Kier molecular flexibility index (Phi) is 5.92. The van der Waals surface area contributed by atoms with Crippen molar-refractivity contribution in [3.05, 3.63) is 0 Å². The highest BCUT2D eigenvalue weighted by Gasteiger charge is 2.33. The normalized spacial score (nSPS) is 25.1. The van der Waals surface area contributed by atoms with E-state index in [1.54, 1.807) is 0 Å². The largest absolute Gasteiger partial charge is 0.391 e. The molecule has 0 aromatic heterocycles. The SMILES string of the molecule is CC(C)(C)[C@@H](O)CN(C1CCCCC1)C1CCCCC1. The lowest BCUT2D eigenvalue weighted by molar-refractivity contribution is -0.0145. The summed E-state index contributed by atoms with van der Waals surface area (Å²) in [6.07, 6.45) is 13.6. The summed E-state index contributed by atoms with van der Waals surface area (Å²) in [6, 6.07) is 1.48. The van der Waals surface area contributed by atoms with E-state index >= 15 is 0 Å². The van der Waals surface area contributed by atoms with Crippen molar-refractivity contribution in [3.63, 3.8) is 0 Å². The Morgan fingerprint density at radius 1 is 0.850 bits per heavy atom. The van der Waals surface area contributed by atoms with Crippen LogP contribution >= 0.6 is 0 Å². The minimum Gasteiger partial charge on any atom is -0.391 e. The Labute approximate surface area is 125 Å². The van der Waals surface area contributed by atoms with Gasteiger partial charge in [0.2, 0.25) is 0 Å². The molecule has 0 aromatic rings. The second-order valence-corrected chi connectivity index (χ2v) is 8.16. The van der Waals surface area contributed by atoms with E-state index in [0.717, 1.165) is 18.6 Å². The molecule has 0 spiro atoms. The van der Waals surface area contributed by atoms with Crippen molar-refractivity contribution in [2.75, 3.05) is 6.54 Å². The van der Waals surface area contributed by atoms with Crippen molar-refractivity contribution in [2.24, 2.45) is 5.41 Å². The molecule has 2 nitrogen and oxygen atoms in total. The average Bonchev–Trinajstić information content (AvgIpc) is 2.45. The summed E-state index contributed by atoms with van der Waals surface area (Å²) in [5, 5.41) is 10.6. The summed E-state index contributed by atoms with van der Waals surface area (Å²) in [6.45, 7) is 7.38. The fraction of sp³-hybridized carbons (Fsp3) is 1.00.